The van der Waals surface area contributed by atoms with Crippen LogP contribution < -0.4 is 0 Å². The van der Waals surface area contributed by atoms with Crippen LogP contribution in [0, 0.1) is 0 Å². The van der Waals surface area contributed by atoms with E-state index in [4.69, 9.17) is 10.0 Å². The fraction of sp³-hybridized carbons (Fsp3) is 1.00. The van der Waals surface area contributed by atoms with Crippen molar-refractivity contribution in [2.24, 2.45) is 0 Å². The molecule has 0 aromatic carbocycles. The van der Waals surface area contributed by atoms with E-state index in [0.717, 1.165) is 11.6 Å². The van der Waals surface area contributed by atoms with Crippen LogP contribution in [0.3, 0.4) is 0 Å². The predicted octanol–water partition coefficient (Wildman–Crippen LogP) is 1.82. The monoisotopic (exact) mass is 147 g/mol. The molecule has 0 aromatic heterocycles. The Morgan fingerprint density at radius 1 is 1.40 bits per heavy atom. The zero-order valence-electron chi connectivity index (χ0n) is 7.22. The van der Waals surface area contributed by atoms with Crippen molar-refractivity contribution in [2.75, 3.05) is 6.54 Å². The maximum absolute atomic E-state index is 8.94. The van der Waals surface area contributed by atoms with Gasteiger partial charge in [-0.1, -0.05) is 12.2 Å². The van der Waals surface area contributed by atoms with Crippen LogP contribution in [0.5, 0.6) is 0 Å². The molecule has 3 heteroatoms. The minimum Gasteiger partial charge on any atom is -0.290 e. The smallest absolute Gasteiger partial charge is 0.0867 e. The molecule has 0 aromatic rings. The number of nitrogens with zero attached hydrogens (tertiary/aromatic N) is 1. The lowest BCUT2D eigenvalue weighted by Gasteiger charge is -2.26. The van der Waals surface area contributed by atoms with E-state index in [1.54, 1.807) is 0 Å². The van der Waals surface area contributed by atoms with Crippen molar-refractivity contribution >= 4 is 0 Å². The minimum atomic E-state index is -0.259. The molecule has 10 heavy (non-hydrogen) atoms. The summed E-state index contributed by atoms with van der Waals surface area (Å²) in [4.78, 5) is 5.12. The maximum Gasteiger partial charge on any atom is 0.0867 e. The average Bonchev–Trinajstić information content (AvgIpc) is 1.87. The highest BCUT2D eigenvalue weighted by atomic mass is 16.9. The van der Waals surface area contributed by atoms with E-state index in [1.165, 1.54) is 0 Å². The molecule has 0 heterocycles. The highest BCUT2D eigenvalue weighted by molar-refractivity contribution is 4.62. The third-order valence-corrected chi connectivity index (χ3v) is 1.47. The van der Waals surface area contributed by atoms with E-state index in [2.05, 4.69) is 0 Å². The van der Waals surface area contributed by atoms with Crippen molar-refractivity contribution in [1.82, 2.24) is 5.23 Å². The Kier molecular flexibility index (Phi) is 3.86. The van der Waals surface area contributed by atoms with E-state index in [9.17, 15) is 0 Å². The highest BCUT2D eigenvalue weighted by Crippen LogP contribution is 2.14. The Hall–Kier alpha value is -0.120. The van der Waals surface area contributed by atoms with Gasteiger partial charge in [-0.2, -0.15) is 0 Å². The van der Waals surface area contributed by atoms with Crippen molar-refractivity contribution in [3.05, 3.63) is 0 Å². The van der Waals surface area contributed by atoms with Crippen LogP contribution >= 0.6 is 0 Å². The molecule has 62 valence electrons. The van der Waals surface area contributed by atoms with Crippen LogP contribution in [0.4, 0.5) is 0 Å². The first-order valence-electron chi connectivity index (χ1n) is 3.67. The van der Waals surface area contributed by atoms with Crippen LogP contribution in [0.1, 0.15) is 34.1 Å². The molecular formula is C7H17NO2. The second-order valence-corrected chi connectivity index (χ2v) is 2.87. The summed E-state index contributed by atoms with van der Waals surface area (Å²) in [6, 6.07) is 0. The van der Waals surface area contributed by atoms with Gasteiger partial charge in [0, 0.05) is 6.54 Å². The van der Waals surface area contributed by atoms with Crippen molar-refractivity contribution in [2.45, 2.75) is 39.7 Å². The first kappa shape index (κ1) is 9.88. The van der Waals surface area contributed by atoms with Crippen LogP contribution in [0.15, 0.2) is 0 Å². The zero-order valence-corrected chi connectivity index (χ0v) is 7.22. The van der Waals surface area contributed by atoms with Crippen LogP contribution in [0.2, 0.25) is 0 Å². The maximum atomic E-state index is 8.94. The predicted molar refractivity (Wildman–Crippen MR) is 39.6 cm³/mol. The van der Waals surface area contributed by atoms with E-state index in [1.807, 2.05) is 27.7 Å². The molecule has 0 fully saturated rings. The molecule has 0 aliphatic rings. The molecule has 0 amide bonds. The van der Waals surface area contributed by atoms with Gasteiger partial charge in [-0.15, -0.1) is 0 Å². The first-order chi connectivity index (χ1) is 4.52. The normalized spacial score (nSPS) is 12.6. The van der Waals surface area contributed by atoms with Gasteiger partial charge < -0.3 is 0 Å². The number of hydrogen-bond acceptors (Lipinski definition) is 3. The summed E-state index contributed by atoms with van der Waals surface area (Å²) < 4.78 is 0. The van der Waals surface area contributed by atoms with E-state index >= 15 is 0 Å². The molecule has 0 aliphatic carbocycles. The zero-order chi connectivity index (χ0) is 8.20. The Balaban J connectivity index is 3.64. The third kappa shape index (κ3) is 3.82. The Morgan fingerprint density at radius 2 is 1.90 bits per heavy atom. The lowest BCUT2D eigenvalue weighted by atomic mass is 10.1. The molecule has 1 N–H and O–H groups in total. The van der Waals surface area contributed by atoms with Gasteiger partial charge >= 0.3 is 0 Å². The molecule has 0 bridgehead atoms. The SMILES string of the molecule is CCN(O)OC(C)(C)CC. The molecule has 3 nitrogen and oxygen atoms in total. The van der Waals surface area contributed by atoms with Gasteiger partial charge in [0.1, 0.15) is 0 Å². The summed E-state index contributed by atoms with van der Waals surface area (Å²) in [5.74, 6) is 0. The van der Waals surface area contributed by atoms with Gasteiger partial charge in [-0.25, -0.2) is 0 Å². The van der Waals surface area contributed by atoms with Gasteiger partial charge in [0.05, 0.1) is 5.60 Å². The lowest BCUT2D eigenvalue weighted by molar-refractivity contribution is -0.379. The fourth-order valence-electron chi connectivity index (χ4n) is 0.414. The molecule has 0 rings (SSSR count). The standard InChI is InChI=1S/C7H17NO2/c1-5-7(3,4)10-8(9)6-2/h9H,5-6H2,1-4H3. The summed E-state index contributed by atoms with van der Waals surface area (Å²) in [5.41, 5.74) is -0.259. The summed E-state index contributed by atoms with van der Waals surface area (Å²) in [6.45, 7) is 8.20. The summed E-state index contributed by atoms with van der Waals surface area (Å²) in [7, 11) is 0. The summed E-state index contributed by atoms with van der Waals surface area (Å²) >= 11 is 0. The molecule has 0 radical (unpaired) electrons. The Morgan fingerprint density at radius 3 is 2.20 bits per heavy atom. The molecule has 0 spiro atoms. The number of hydrogen-bond donors (Lipinski definition) is 1. The minimum absolute atomic E-state index is 0.259. The number of rotatable bonds is 4. The molecule has 0 saturated carbocycles. The van der Waals surface area contributed by atoms with E-state index < -0.39 is 0 Å². The second-order valence-electron chi connectivity index (χ2n) is 2.87. The van der Waals surface area contributed by atoms with Crippen molar-refractivity contribution in [3.63, 3.8) is 0 Å². The van der Waals surface area contributed by atoms with E-state index in [-0.39, 0.29) is 5.60 Å². The van der Waals surface area contributed by atoms with Gasteiger partial charge in [-0.05, 0) is 27.2 Å². The Bertz CT molecular complexity index is 93.6. The van der Waals surface area contributed by atoms with Crippen LogP contribution in [-0.4, -0.2) is 22.6 Å². The molecule has 0 saturated heterocycles. The molecule has 0 aliphatic heterocycles. The molecular weight excluding hydrogens is 130 g/mol. The summed E-state index contributed by atoms with van der Waals surface area (Å²) in [5, 5.41) is 9.80. The molecule has 0 atom stereocenters. The van der Waals surface area contributed by atoms with Gasteiger partial charge in [0.15, 0.2) is 0 Å². The van der Waals surface area contributed by atoms with Gasteiger partial charge in [0.2, 0.25) is 0 Å². The fourth-order valence-corrected chi connectivity index (χ4v) is 0.414. The number of hydroxylamine groups is 2. The van der Waals surface area contributed by atoms with Gasteiger partial charge in [-0.3, -0.25) is 10.0 Å². The molecule has 0 unspecified atom stereocenters. The lowest BCUT2D eigenvalue weighted by Crippen LogP contribution is -2.33. The van der Waals surface area contributed by atoms with E-state index in [0.29, 0.717) is 6.54 Å². The largest absolute Gasteiger partial charge is 0.290 e. The van der Waals surface area contributed by atoms with Crippen LogP contribution in [0.25, 0.3) is 0 Å². The Labute approximate surface area is 62.5 Å². The van der Waals surface area contributed by atoms with Crippen molar-refractivity contribution in [1.29, 1.82) is 0 Å². The first-order valence-corrected chi connectivity index (χ1v) is 3.67. The van der Waals surface area contributed by atoms with Crippen molar-refractivity contribution < 1.29 is 10.0 Å². The van der Waals surface area contributed by atoms with Crippen LogP contribution in [-0.2, 0) is 4.84 Å². The average molecular weight is 147 g/mol. The summed E-state index contributed by atoms with van der Waals surface area (Å²) in [6.07, 6.45) is 0.879. The quantitative estimate of drug-likeness (QED) is 0.616. The third-order valence-electron chi connectivity index (χ3n) is 1.47. The highest BCUT2D eigenvalue weighted by Gasteiger charge is 2.18. The topological polar surface area (TPSA) is 32.7 Å². The second kappa shape index (κ2) is 3.91. The van der Waals surface area contributed by atoms with Gasteiger partial charge in [0.25, 0.3) is 0 Å². The van der Waals surface area contributed by atoms with Crippen molar-refractivity contribution in [3.8, 4) is 0 Å².